The first-order chi connectivity index (χ1) is 19.7. The number of benzene rings is 2. The number of furan rings is 1. The highest BCUT2D eigenvalue weighted by atomic mass is 16.5. The van der Waals surface area contributed by atoms with Crippen LogP contribution in [0.25, 0.3) is 11.1 Å². The zero-order valence-electron chi connectivity index (χ0n) is 23.6. The van der Waals surface area contributed by atoms with Crippen molar-refractivity contribution < 1.29 is 13.9 Å². The standard InChI is InChI=1S/C31H33N7O3/c1-31(2,3)19-21(20-32)28(39)33-23-6-5-7-25(18-23)41-29-27-26(12-17-40-27)35-30(36-29)34-22-8-10-24(11-9-22)38-15-13-37(4)14-16-38/h5-12,17-19H,13-16H2,1-4H3,(H,33,39)(H,34,35,36)/b21-19+. The fourth-order valence-corrected chi connectivity index (χ4v) is 4.44. The second-order valence-electron chi connectivity index (χ2n) is 11.1. The minimum atomic E-state index is -0.486. The third-order valence-corrected chi connectivity index (χ3v) is 6.51. The van der Waals surface area contributed by atoms with Gasteiger partial charge in [-0.2, -0.15) is 10.2 Å². The molecular formula is C31H33N7O3. The van der Waals surface area contributed by atoms with Gasteiger partial charge in [0, 0.05) is 55.4 Å². The van der Waals surface area contributed by atoms with Gasteiger partial charge in [0.2, 0.25) is 11.5 Å². The minimum Gasteiger partial charge on any atom is -0.457 e. The van der Waals surface area contributed by atoms with E-state index >= 15 is 0 Å². The molecular weight excluding hydrogens is 518 g/mol. The molecule has 0 saturated carbocycles. The van der Waals surface area contributed by atoms with E-state index in [1.54, 1.807) is 36.4 Å². The van der Waals surface area contributed by atoms with Crippen LogP contribution in [0.1, 0.15) is 20.8 Å². The van der Waals surface area contributed by atoms with E-state index in [1.807, 2.05) is 39.0 Å². The van der Waals surface area contributed by atoms with Crippen LogP contribution < -0.4 is 20.3 Å². The molecule has 2 N–H and O–H groups in total. The van der Waals surface area contributed by atoms with E-state index in [2.05, 4.69) is 49.6 Å². The summed E-state index contributed by atoms with van der Waals surface area (Å²) in [6.07, 6.45) is 3.17. The first-order valence-corrected chi connectivity index (χ1v) is 13.4. The molecule has 41 heavy (non-hydrogen) atoms. The molecule has 0 spiro atoms. The Morgan fingerprint density at radius 3 is 2.51 bits per heavy atom. The highest BCUT2D eigenvalue weighted by Crippen LogP contribution is 2.31. The summed E-state index contributed by atoms with van der Waals surface area (Å²) in [5, 5.41) is 15.5. The van der Waals surface area contributed by atoms with E-state index in [1.165, 1.54) is 12.0 Å². The lowest BCUT2D eigenvalue weighted by Crippen LogP contribution is -2.44. The zero-order valence-corrected chi connectivity index (χ0v) is 23.6. The highest BCUT2D eigenvalue weighted by molar-refractivity contribution is 6.06. The molecule has 5 rings (SSSR count). The fourth-order valence-electron chi connectivity index (χ4n) is 4.44. The lowest BCUT2D eigenvalue weighted by Gasteiger charge is -2.34. The number of nitrogens with one attached hydrogen (secondary N) is 2. The van der Waals surface area contributed by atoms with Gasteiger partial charge in [-0.1, -0.05) is 32.9 Å². The molecule has 4 aromatic rings. The number of hydrogen-bond acceptors (Lipinski definition) is 9. The number of nitrogens with zero attached hydrogens (tertiary/aromatic N) is 5. The highest BCUT2D eigenvalue weighted by Gasteiger charge is 2.17. The molecule has 0 radical (unpaired) electrons. The molecule has 1 amide bonds. The molecule has 0 atom stereocenters. The minimum absolute atomic E-state index is 0.0456. The Bertz CT molecular complexity index is 1610. The number of ether oxygens (including phenoxy) is 1. The average Bonchev–Trinajstić information content (AvgIpc) is 3.41. The molecule has 10 nitrogen and oxygen atoms in total. The quantitative estimate of drug-likeness (QED) is 0.212. The Kier molecular flexibility index (Phi) is 7.90. The van der Waals surface area contributed by atoms with Crippen molar-refractivity contribution in [3.05, 3.63) is 72.5 Å². The summed E-state index contributed by atoms with van der Waals surface area (Å²) in [6, 6.07) is 18.8. The Morgan fingerprint density at radius 1 is 1.05 bits per heavy atom. The molecule has 0 unspecified atom stereocenters. The molecule has 1 aliphatic rings. The number of nitriles is 1. The summed E-state index contributed by atoms with van der Waals surface area (Å²) in [7, 11) is 2.14. The van der Waals surface area contributed by atoms with E-state index in [0.29, 0.717) is 28.5 Å². The van der Waals surface area contributed by atoms with Crippen LogP contribution in [-0.2, 0) is 4.79 Å². The maximum Gasteiger partial charge on any atom is 0.268 e. The molecule has 3 heterocycles. The zero-order chi connectivity index (χ0) is 29.0. The number of anilines is 4. The summed E-state index contributed by atoms with van der Waals surface area (Å²) in [5.74, 6) is 0.530. The number of carbonyl (C=O) groups is 1. The van der Waals surface area contributed by atoms with Crippen molar-refractivity contribution in [1.29, 1.82) is 5.26 Å². The van der Waals surface area contributed by atoms with Gasteiger partial charge in [-0.05, 0) is 48.9 Å². The number of rotatable bonds is 7. The predicted molar refractivity (Wildman–Crippen MR) is 160 cm³/mol. The number of fused-ring (bicyclic) bond motifs is 1. The topological polar surface area (TPSA) is 120 Å². The molecule has 1 fully saturated rings. The Morgan fingerprint density at radius 2 is 1.80 bits per heavy atom. The second kappa shape index (κ2) is 11.7. The summed E-state index contributed by atoms with van der Waals surface area (Å²) in [5.41, 5.74) is 3.22. The number of hydrogen-bond donors (Lipinski definition) is 2. The van der Waals surface area contributed by atoms with Crippen molar-refractivity contribution >= 4 is 40.0 Å². The van der Waals surface area contributed by atoms with E-state index < -0.39 is 5.91 Å². The van der Waals surface area contributed by atoms with Crippen molar-refractivity contribution in [2.24, 2.45) is 5.41 Å². The lowest BCUT2D eigenvalue weighted by atomic mass is 9.93. The number of carbonyl (C=O) groups excluding carboxylic acids is 1. The van der Waals surface area contributed by atoms with Gasteiger partial charge in [0.15, 0.2) is 0 Å². The van der Waals surface area contributed by atoms with Crippen LogP contribution in [-0.4, -0.2) is 54.0 Å². The molecule has 0 bridgehead atoms. The first kappa shape index (κ1) is 27.7. The van der Waals surface area contributed by atoms with Crippen LogP contribution >= 0.6 is 0 Å². The lowest BCUT2D eigenvalue weighted by molar-refractivity contribution is -0.112. The Balaban J connectivity index is 1.32. The third-order valence-electron chi connectivity index (χ3n) is 6.51. The molecule has 1 saturated heterocycles. The summed E-state index contributed by atoms with van der Waals surface area (Å²) < 4.78 is 11.7. The van der Waals surface area contributed by atoms with Crippen molar-refractivity contribution in [1.82, 2.24) is 14.9 Å². The van der Waals surface area contributed by atoms with Crippen molar-refractivity contribution in [2.45, 2.75) is 20.8 Å². The van der Waals surface area contributed by atoms with Crippen LogP contribution in [0.15, 0.2) is 76.9 Å². The SMILES string of the molecule is CN1CCN(c2ccc(Nc3nc(Oc4cccc(NC(=O)/C(C#N)=C/C(C)(C)C)c4)c4occc4n3)cc2)CC1. The largest absolute Gasteiger partial charge is 0.457 e. The number of amides is 1. The number of likely N-dealkylation sites (N-methyl/N-ethyl adjacent to an activating group) is 1. The van der Waals surface area contributed by atoms with Gasteiger partial charge in [0.05, 0.1) is 6.26 Å². The summed E-state index contributed by atoms with van der Waals surface area (Å²) in [4.78, 5) is 26.5. The van der Waals surface area contributed by atoms with Crippen LogP contribution in [0.3, 0.4) is 0 Å². The number of piperazine rings is 1. The van der Waals surface area contributed by atoms with Crippen LogP contribution in [0.4, 0.5) is 23.0 Å². The van der Waals surface area contributed by atoms with E-state index in [0.717, 1.165) is 31.9 Å². The van der Waals surface area contributed by atoms with Gasteiger partial charge in [0.25, 0.3) is 11.8 Å². The van der Waals surface area contributed by atoms with Crippen molar-refractivity contribution in [2.75, 3.05) is 48.8 Å². The number of aromatic nitrogens is 2. The van der Waals surface area contributed by atoms with Crippen molar-refractivity contribution in [3.63, 3.8) is 0 Å². The van der Waals surface area contributed by atoms with Crippen LogP contribution in [0.5, 0.6) is 11.6 Å². The second-order valence-corrected chi connectivity index (χ2v) is 11.1. The molecule has 2 aromatic heterocycles. The van der Waals surface area contributed by atoms with Gasteiger partial charge >= 0.3 is 0 Å². The van der Waals surface area contributed by atoms with Crippen molar-refractivity contribution in [3.8, 4) is 17.7 Å². The van der Waals surface area contributed by atoms with E-state index in [9.17, 15) is 10.1 Å². The molecule has 1 aliphatic heterocycles. The van der Waals surface area contributed by atoms with Gasteiger partial charge in [-0.3, -0.25) is 4.79 Å². The fraction of sp³-hybridized carbons (Fsp3) is 0.290. The maximum atomic E-state index is 12.7. The first-order valence-electron chi connectivity index (χ1n) is 13.4. The summed E-state index contributed by atoms with van der Waals surface area (Å²) >= 11 is 0. The van der Waals surface area contributed by atoms with Crippen LogP contribution in [0.2, 0.25) is 0 Å². The summed E-state index contributed by atoms with van der Waals surface area (Å²) in [6.45, 7) is 9.88. The Hall–Kier alpha value is -4.88. The Labute approximate surface area is 239 Å². The maximum absolute atomic E-state index is 12.7. The average molecular weight is 552 g/mol. The van der Waals surface area contributed by atoms with Gasteiger partial charge in [0.1, 0.15) is 22.9 Å². The third kappa shape index (κ3) is 7.01. The molecule has 0 aliphatic carbocycles. The van der Waals surface area contributed by atoms with Gasteiger partial charge in [-0.15, -0.1) is 0 Å². The smallest absolute Gasteiger partial charge is 0.268 e. The monoisotopic (exact) mass is 551 g/mol. The normalized spacial score (nSPS) is 14.5. The molecule has 2 aromatic carbocycles. The predicted octanol–water partition coefficient (Wildman–Crippen LogP) is 5.95. The van der Waals surface area contributed by atoms with Gasteiger partial charge in [-0.25, -0.2) is 4.98 Å². The molecule has 210 valence electrons. The number of allylic oxidation sites excluding steroid dienone is 1. The van der Waals surface area contributed by atoms with Gasteiger partial charge < -0.3 is 29.6 Å². The molecule has 10 heteroatoms. The van der Waals surface area contributed by atoms with E-state index in [4.69, 9.17) is 9.15 Å². The van der Waals surface area contributed by atoms with Crippen LogP contribution in [0, 0.1) is 16.7 Å². The van der Waals surface area contributed by atoms with E-state index in [-0.39, 0.29) is 16.9 Å².